The molecule has 0 spiro atoms. The van der Waals surface area contributed by atoms with Crippen molar-refractivity contribution in [1.29, 1.82) is 0 Å². The first-order valence-corrected chi connectivity index (χ1v) is 6.22. The molecule has 5 nitrogen and oxygen atoms in total. The van der Waals surface area contributed by atoms with E-state index < -0.39 is 17.4 Å². The lowest BCUT2D eigenvalue weighted by atomic mass is 9.83. The summed E-state index contributed by atoms with van der Waals surface area (Å²) >= 11 is 0. The number of ether oxygens (including phenoxy) is 1. The standard InChI is InChI=1S/C13H21NO4/c1-3-4-6-10(11(15)16)14-12(17)13(2)7-5-8-18-9-13/h3-4,10H,5-9H2,1-2H3,(H,14,17)(H,15,16)/b4-3+. The maximum atomic E-state index is 12.1. The molecule has 0 saturated carbocycles. The van der Waals surface area contributed by atoms with Crippen molar-refractivity contribution in [3.63, 3.8) is 0 Å². The van der Waals surface area contributed by atoms with E-state index in [2.05, 4.69) is 5.32 Å². The SMILES string of the molecule is C/C=C/CC(NC(=O)C1(C)CCCOC1)C(=O)O. The van der Waals surface area contributed by atoms with Gasteiger partial charge in [0.25, 0.3) is 0 Å². The summed E-state index contributed by atoms with van der Waals surface area (Å²) in [7, 11) is 0. The maximum absolute atomic E-state index is 12.1. The topological polar surface area (TPSA) is 75.6 Å². The second kappa shape index (κ2) is 6.54. The van der Waals surface area contributed by atoms with Crippen LogP contribution in [0.1, 0.15) is 33.1 Å². The Hall–Kier alpha value is -1.36. The molecule has 2 unspecified atom stereocenters. The molecule has 5 heteroatoms. The van der Waals surface area contributed by atoms with Gasteiger partial charge in [0.1, 0.15) is 6.04 Å². The third kappa shape index (κ3) is 3.84. The lowest BCUT2D eigenvalue weighted by Crippen LogP contribution is -2.50. The van der Waals surface area contributed by atoms with E-state index in [1.165, 1.54) is 0 Å². The first-order valence-electron chi connectivity index (χ1n) is 6.22. The van der Waals surface area contributed by atoms with Gasteiger partial charge in [-0.1, -0.05) is 12.2 Å². The molecule has 18 heavy (non-hydrogen) atoms. The molecular formula is C13H21NO4. The number of amides is 1. The largest absolute Gasteiger partial charge is 0.480 e. The van der Waals surface area contributed by atoms with Gasteiger partial charge in [-0.2, -0.15) is 0 Å². The van der Waals surface area contributed by atoms with Gasteiger partial charge in [-0.15, -0.1) is 0 Å². The van der Waals surface area contributed by atoms with Gasteiger partial charge >= 0.3 is 5.97 Å². The summed E-state index contributed by atoms with van der Waals surface area (Å²) in [5.74, 6) is -1.25. The molecule has 1 aliphatic rings. The van der Waals surface area contributed by atoms with E-state index in [1.54, 1.807) is 12.2 Å². The fourth-order valence-electron chi connectivity index (χ4n) is 1.94. The third-order valence-electron chi connectivity index (χ3n) is 3.20. The highest BCUT2D eigenvalue weighted by Gasteiger charge is 2.37. The van der Waals surface area contributed by atoms with Crippen LogP contribution in [0.15, 0.2) is 12.2 Å². The van der Waals surface area contributed by atoms with Crippen LogP contribution in [-0.4, -0.2) is 36.2 Å². The Balaban J connectivity index is 2.62. The Morgan fingerprint density at radius 1 is 1.56 bits per heavy atom. The summed E-state index contributed by atoms with van der Waals surface area (Å²) in [5, 5.41) is 11.6. The molecule has 1 fully saturated rings. The fraction of sp³-hybridized carbons (Fsp3) is 0.692. The van der Waals surface area contributed by atoms with Crippen molar-refractivity contribution >= 4 is 11.9 Å². The van der Waals surface area contributed by atoms with Crippen molar-refractivity contribution in [1.82, 2.24) is 5.32 Å². The zero-order valence-electron chi connectivity index (χ0n) is 10.9. The molecule has 1 rings (SSSR count). The van der Waals surface area contributed by atoms with Crippen LogP contribution in [0.4, 0.5) is 0 Å². The van der Waals surface area contributed by atoms with Crippen LogP contribution in [0.2, 0.25) is 0 Å². The number of carboxylic acids is 1. The van der Waals surface area contributed by atoms with Crippen molar-refractivity contribution in [2.24, 2.45) is 5.41 Å². The fourth-order valence-corrected chi connectivity index (χ4v) is 1.94. The highest BCUT2D eigenvalue weighted by Crippen LogP contribution is 2.28. The predicted octanol–water partition coefficient (Wildman–Crippen LogP) is 1.34. The number of rotatable bonds is 5. The minimum absolute atomic E-state index is 0.237. The van der Waals surface area contributed by atoms with Gasteiger partial charge < -0.3 is 15.2 Å². The van der Waals surface area contributed by atoms with Crippen LogP contribution in [0.5, 0.6) is 0 Å². The third-order valence-corrected chi connectivity index (χ3v) is 3.20. The summed E-state index contributed by atoms with van der Waals surface area (Å²) in [6.07, 6.45) is 5.37. The molecule has 0 aromatic carbocycles. The lowest BCUT2D eigenvalue weighted by molar-refractivity contribution is -0.146. The molecular weight excluding hydrogens is 234 g/mol. The van der Waals surface area contributed by atoms with E-state index in [-0.39, 0.29) is 5.91 Å². The summed E-state index contributed by atoms with van der Waals surface area (Å²) in [6.45, 7) is 4.66. The van der Waals surface area contributed by atoms with Gasteiger partial charge in [-0.3, -0.25) is 4.79 Å². The van der Waals surface area contributed by atoms with Crippen LogP contribution < -0.4 is 5.32 Å². The maximum Gasteiger partial charge on any atom is 0.326 e. The van der Waals surface area contributed by atoms with Crippen molar-refractivity contribution < 1.29 is 19.4 Å². The molecule has 0 bridgehead atoms. The Labute approximate surface area is 107 Å². The number of carboxylic acid groups (broad SMARTS) is 1. The Morgan fingerprint density at radius 2 is 2.28 bits per heavy atom. The summed E-state index contributed by atoms with van der Waals surface area (Å²) in [4.78, 5) is 23.2. The molecule has 0 radical (unpaired) electrons. The van der Waals surface area contributed by atoms with Gasteiger partial charge in [-0.25, -0.2) is 4.79 Å². The first-order chi connectivity index (χ1) is 8.49. The van der Waals surface area contributed by atoms with E-state index in [9.17, 15) is 9.59 Å². The van der Waals surface area contributed by atoms with E-state index in [0.717, 1.165) is 12.8 Å². The second-order valence-electron chi connectivity index (χ2n) is 4.89. The van der Waals surface area contributed by atoms with Gasteiger partial charge in [-0.05, 0) is 33.1 Å². The van der Waals surface area contributed by atoms with Gasteiger partial charge in [0.2, 0.25) is 5.91 Å². The molecule has 1 amide bonds. The summed E-state index contributed by atoms with van der Waals surface area (Å²) in [5.41, 5.74) is -0.609. The Morgan fingerprint density at radius 3 is 2.78 bits per heavy atom. The highest BCUT2D eigenvalue weighted by molar-refractivity contribution is 5.87. The first kappa shape index (κ1) is 14.7. The van der Waals surface area contributed by atoms with Crippen molar-refractivity contribution in [2.45, 2.75) is 39.2 Å². The molecule has 1 aliphatic heterocycles. The van der Waals surface area contributed by atoms with Crippen LogP contribution in [0.3, 0.4) is 0 Å². The van der Waals surface area contributed by atoms with Crippen LogP contribution in [0.25, 0.3) is 0 Å². The summed E-state index contributed by atoms with van der Waals surface area (Å²) < 4.78 is 5.31. The van der Waals surface area contributed by atoms with Gasteiger partial charge in [0, 0.05) is 6.61 Å². The monoisotopic (exact) mass is 255 g/mol. The van der Waals surface area contributed by atoms with Crippen LogP contribution in [-0.2, 0) is 14.3 Å². The predicted molar refractivity (Wildman–Crippen MR) is 67.2 cm³/mol. The van der Waals surface area contributed by atoms with Crippen molar-refractivity contribution in [3.8, 4) is 0 Å². The van der Waals surface area contributed by atoms with E-state index in [1.807, 2.05) is 13.8 Å². The summed E-state index contributed by atoms with van der Waals surface area (Å²) in [6, 6.07) is -0.868. The van der Waals surface area contributed by atoms with E-state index >= 15 is 0 Å². The average molecular weight is 255 g/mol. The molecule has 0 aromatic heterocycles. The van der Waals surface area contributed by atoms with Crippen LogP contribution >= 0.6 is 0 Å². The average Bonchev–Trinajstić information content (AvgIpc) is 2.34. The zero-order chi connectivity index (χ0) is 13.6. The number of hydrogen-bond acceptors (Lipinski definition) is 3. The minimum atomic E-state index is -1.01. The number of carbonyl (C=O) groups is 2. The molecule has 1 heterocycles. The number of nitrogens with one attached hydrogen (secondary N) is 1. The number of hydrogen-bond donors (Lipinski definition) is 2. The molecule has 2 atom stereocenters. The number of allylic oxidation sites excluding steroid dienone is 1. The van der Waals surface area contributed by atoms with E-state index in [0.29, 0.717) is 19.6 Å². The molecule has 0 aliphatic carbocycles. The molecule has 2 N–H and O–H groups in total. The normalized spacial score (nSPS) is 25.9. The lowest BCUT2D eigenvalue weighted by Gasteiger charge is -2.32. The molecule has 1 saturated heterocycles. The minimum Gasteiger partial charge on any atom is -0.480 e. The number of carbonyl (C=O) groups excluding carboxylic acids is 1. The Bertz CT molecular complexity index is 332. The van der Waals surface area contributed by atoms with Crippen LogP contribution in [0, 0.1) is 5.41 Å². The highest BCUT2D eigenvalue weighted by atomic mass is 16.5. The Kier molecular flexibility index (Phi) is 5.34. The smallest absolute Gasteiger partial charge is 0.326 e. The van der Waals surface area contributed by atoms with Crippen molar-refractivity contribution in [2.75, 3.05) is 13.2 Å². The molecule has 102 valence electrons. The second-order valence-corrected chi connectivity index (χ2v) is 4.89. The zero-order valence-corrected chi connectivity index (χ0v) is 10.9. The number of aliphatic carboxylic acids is 1. The van der Waals surface area contributed by atoms with Gasteiger partial charge in [0.05, 0.1) is 12.0 Å². The van der Waals surface area contributed by atoms with Gasteiger partial charge in [0.15, 0.2) is 0 Å². The van der Waals surface area contributed by atoms with E-state index in [4.69, 9.17) is 9.84 Å². The quantitative estimate of drug-likeness (QED) is 0.727. The van der Waals surface area contributed by atoms with Crippen molar-refractivity contribution in [3.05, 3.63) is 12.2 Å². The molecule has 0 aromatic rings.